The van der Waals surface area contributed by atoms with Crippen LogP contribution in [-0.4, -0.2) is 22.6 Å². The molecule has 0 saturated carbocycles. The zero-order chi connectivity index (χ0) is 16.3. The number of aromatic hydroxyl groups is 2. The number of benzene rings is 2. The van der Waals surface area contributed by atoms with Crippen LogP contribution in [0.25, 0.3) is 0 Å². The van der Waals surface area contributed by atoms with Crippen LogP contribution in [0.5, 0.6) is 11.5 Å². The molecule has 114 valence electrons. The van der Waals surface area contributed by atoms with E-state index in [1.165, 1.54) is 12.1 Å². The van der Waals surface area contributed by atoms with Gasteiger partial charge in [-0.2, -0.15) is 0 Å². The molecule has 6 heteroatoms. The Kier molecular flexibility index (Phi) is 4.03. The molecular weight excluding hydrogens is 286 g/mol. The number of hydrogen-bond acceptors (Lipinski definition) is 5. The predicted molar refractivity (Wildman–Crippen MR) is 78.7 cm³/mol. The van der Waals surface area contributed by atoms with Gasteiger partial charge in [0, 0.05) is 22.8 Å². The van der Waals surface area contributed by atoms with Crippen molar-refractivity contribution in [2.24, 2.45) is 5.73 Å². The molecule has 2 rings (SSSR count). The van der Waals surface area contributed by atoms with Gasteiger partial charge < -0.3 is 20.7 Å². The fourth-order valence-electron chi connectivity index (χ4n) is 2.27. The van der Waals surface area contributed by atoms with E-state index in [1.807, 2.05) is 0 Å². The maximum Gasteiger partial charge on any atom is 0.405 e. The van der Waals surface area contributed by atoms with E-state index in [-0.39, 0.29) is 17.1 Å². The van der Waals surface area contributed by atoms with Crippen LogP contribution in [0.3, 0.4) is 0 Å². The molecule has 2 aromatic rings. The summed E-state index contributed by atoms with van der Waals surface area (Å²) < 4.78 is 5.21. The lowest BCUT2D eigenvalue weighted by Gasteiger charge is -2.30. The van der Waals surface area contributed by atoms with Crippen molar-refractivity contribution in [3.63, 3.8) is 0 Å². The Balaban J connectivity index is 2.60. The lowest BCUT2D eigenvalue weighted by molar-refractivity contribution is 0.0578. The van der Waals surface area contributed by atoms with E-state index in [0.717, 1.165) is 6.07 Å². The zero-order valence-electron chi connectivity index (χ0n) is 11.8. The Morgan fingerprint density at radius 1 is 1.18 bits per heavy atom. The number of amides is 1. The summed E-state index contributed by atoms with van der Waals surface area (Å²) >= 11 is 0. The summed E-state index contributed by atoms with van der Waals surface area (Å²) in [5.74, 6) is -0.373. The van der Waals surface area contributed by atoms with Crippen molar-refractivity contribution in [1.82, 2.24) is 0 Å². The van der Waals surface area contributed by atoms with E-state index in [9.17, 15) is 19.8 Å². The van der Waals surface area contributed by atoms with Gasteiger partial charge >= 0.3 is 6.09 Å². The van der Waals surface area contributed by atoms with Crippen molar-refractivity contribution in [1.29, 1.82) is 0 Å². The molecule has 0 radical (unpaired) electrons. The maximum atomic E-state index is 11.3. The molecule has 1 atom stereocenters. The number of aldehydes is 1. The summed E-state index contributed by atoms with van der Waals surface area (Å²) in [4.78, 5) is 22.0. The Hall–Kier alpha value is -3.02. The minimum absolute atomic E-state index is 0.126. The first-order valence-corrected chi connectivity index (χ1v) is 6.43. The third-order valence-corrected chi connectivity index (χ3v) is 3.40. The normalized spacial score (nSPS) is 13.1. The quantitative estimate of drug-likeness (QED) is 0.750. The second kappa shape index (κ2) is 5.77. The van der Waals surface area contributed by atoms with E-state index in [0.29, 0.717) is 17.4 Å². The molecule has 6 nitrogen and oxygen atoms in total. The Labute approximate surface area is 126 Å². The van der Waals surface area contributed by atoms with Gasteiger partial charge in [0.2, 0.25) is 0 Å². The van der Waals surface area contributed by atoms with E-state index < -0.39 is 11.7 Å². The van der Waals surface area contributed by atoms with Crippen molar-refractivity contribution in [3.05, 3.63) is 59.2 Å². The second-order valence-corrected chi connectivity index (χ2v) is 4.90. The summed E-state index contributed by atoms with van der Waals surface area (Å²) in [6, 6.07) is 10.2. The van der Waals surface area contributed by atoms with Gasteiger partial charge in [-0.25, -0.2) is 4.79 Å². The van der Waals surface area contributed by atoms with Crippen LogP contribution in [-0.2, 0) is 10.3 Å². The molecule has 0 aliphatic heterocycles. The SMILES string of the molecule is CC(OC(N)=O)(c1ccc(C=O)cc1)c1ccc(O)cc1O. The van der Waals surface area contributed by atoms with Gasteiger partial charge in [-0.3, -0.25) is 4.79 Å². The topological polar surface area (TPSA) is 110 Å². The fourth-order valence-corrected chi connectivity index (χ4v) is 2.27. The van der Waals surface area contributed by atoms with Gasteiger partial charge in [0.15, 0.2) is 5.60 Å². The van der Waals surface area contributed by atoms with Gasteiger partial charge in [-0.15, -0.1) is 0 Å². The third kappa shape index (κ3) is 2.85. The highest BCUT2D eigenvalue weighted by atomic mass is 16.6. The largest absolute Gasteiger partial charge is 0.508 e. The van der Waals surface area contributed by atoms with E-state index >= 15 is 0 Å². The number of carbonyl (C=O) groups is 2. The van der Waals surface area contributed by atoms with Gasteiger partial charge in [0.25, 0.3) is 0 Å². The summed E-state index contributed by atoms with van der Waals surface area (Å²) in [7, 11) is 0. The molecule has 0 heterocycles. The maximum absolute atomic E-state index is 11.3. The first kappa shape index (κ1) is 15.4. The van der Waals surface area contributed by atoms with Crippen molar-refractivity contribution < 1.29 is 24.5 Å². The number of carbonyl (C=O) groups excluding carboxylic acids is 2. The van der Waals surface area contributed by atoms with Crippen LogP contribution in [0.2, 0.25) is 0 Å². The molecule has 1 unspecified atom stereocenters. The van der Waals surface area contributed by atoms with Gasteiger partial charge in [-0.1, -0.05) is 24.3 Å². The highest BCUT2D eigenvalue weighted by Crippen LogP contribution is 2.39. The number of nitrogens with two attached hydrogens (primary N) is 1. The molecule has 1 amide bonds. The highest BCUT2D eigenvalue weighted by Gasteiger charge is 2.35. The van der Waals surface area contributed by atoms with Crippen molar-refractivity contribution in [2.45, 2.75) is 12.5 Å². The molecule has 0 aromatic heterocycles. The Morgan fingerprint density at radius 2 is 1.82 bits per heavy atom. The molecule has 0 saturated heterocycles. The van der Waals surface area contributed by atoms with Crippen LogP contribution >= 0.6 is 0 Å². The van der Waals surface area contributed by atoms with Crippen molar-refractivity contribution >= 4 is 12.4 Å². The van der Waals surface area contributed by atoms with E-state index in [4.69, 9.17) is 10.5 Å². The number of phenols is 2. The van der Waals surface area contributed by atoms with E-state index in [2.05, 4.69) is 0 Å². The first-order valence-electron chi connectivity index (χ1n) is 6.43. The Morgan fingerprint density at radius 3 is 2.32 bits per heavy atom. The van der Waals surface area contributed by atoms with Gasteiger partial charge in [0.05, 0.1) is 0 Å². The molecule has 0 aliphatic carbocycles. The van der Waals surface area contributed by atoms with Crippen LogP contribution in [0.15, 0.2) is 42.5 Å². The fraction of sp³-hybridized carbons (Fsp3) is 0.125. The first-order chi connectivity index (χ1) is 10.4. The average Bonchev–Trinajstić information content (AvgIpc) is 2.46. The van der Waals surface area contributed by atoms with Crippen molar-refractivity contribution in [3.8, 4) is 11.5 Å². The van der Waals surface area contributed by atoms with Crippen molar-refractivity contribution in [2.75, 3.05) is 0 Å². The number of hydrogen-bond donors (Lipinski definition) is 3. The zero-order valence-corrected chi connectivity index (χ0v) is 11.8. The van der Waals surface area contributed by atoms with E-state index in [1.54, 1.807) is 31.2 Å². The lowest BCUT2D eigenvalue weighted by Crippen LogP contribution is -2.33. The molecule has 0 fully saturated rings. The average molecular weight is 301 g/mol. The molecular formula is C16H15NO5. The number of primary amides is 1. The minimum Gasteiger partial charge on any atom is -0.508 e. The summed E-state index contributed by atoms with van der Waals surface area (Å²) in [5.41, 5.74) is 4.99. The van der Waals surface area contributed by atoms with Crippen LogP contribution in [0, 0.1) is 0 Å². The molecule has 4 N–H and O–H groups in total. The lowest BCUT2D eigenvalue weighted by atomic mass is 9.86. The van der Waals surface area contributed by atoms with Crippen LogP contribution in [0.4, 0.5) is 4.79 Å². The number of ether oxygens (including phenoxy) is 1. The van der Waals surface area contributed by atoms with Crippen LogP contribution < -0.4 is 5.73 Å². The monoisotopic (exact) mass is 301 g/mol. The van der Waals surface area contributed by atoms with Gasteiger partial charge in [-0.05, 0) is 19.1 Å². The summed E-state index contributed by atoms with van der Waals surface area (Å²) in [6.07, 6.45) is -0.330. The smallest absolute Gasteiger partial charge is 0.405 e. The Bertz CT molecular complexity index is 711. The molecule has 22 heavy (non-hydrogen) atoms. The standard InChI is InChI=1S/C16H15NO5/c1-16(22-15(17)21,11-4-2-10(9-18)3-5-11)13-7-6-12(19)8-14(13)20/h2-9,19-20H,1H3,(H2,17,21). The highest BCUT2D eigenvalue weighted by molar-refractivity contribution is 5.75. The second-order valence-electron chi connectivity index (χ2n) is 4.90. The minimum atomic E-state index is -1.37. The predicted octanol–water partition coefficient (Wildman–Crippen LogP) is 2.27. The third-order valence-electron chi connectivity index (χ3n) is 3.40. The summed E-state index contributed by atoms with van der Waals surface area (Å²) in [5, 5.41) is 19.4. The molecule has 2 aromatic carbocycles. The number of rotatable bonds is 4. The molecule has 0 spiro atoms. The molecule has 0 bridgehead atoms. The number of phenolic OH excluding ortho intramolecular Hbond substituents is 2. The summed E-state index contributed by atoms with van der Waals surface area (Å²) in [6.45, 7) is 1.56. The molecule has 0 aliphatic rings. The van der Waals surface area contributed by atoms with Crippen LogP contribution in [0.1, 0.15) is 28.4 Å². The van der Waals surface area contributed by atoms with Gasteiger partial charge in [0.1, 0.15) is 17.8 Å².